The maximum Gasteiger partial charge on any atom is 0.278 e. The maximum absolute atomic E-state index is 13.5. The van der Waals surface area contributed by atoms with Crippen molar-refractivity contribution in [3.05, 3.63) is 83.8 Å². The van der Waals surface area contributed by atoms with Gasteiger partial charge >= 0.3 is 0 Å². The van der Waals surface area contributed by atoms with E-state index in [9.17, 15) is 9.59 Å². The van der Waals surface area contributed by atoms with Crippen LogP contribution < -0.4 is 10.2 Å². The second-order valence-electron chi connectivity index (χ2n) is 6.73. The first-order valence-corrected chi connectivity index (χ1v) is 8.72. The van der Waals surface area contributed by atoms with E-state index in [-0.39, 0.29) is 18.4 Å². The number of carbonyl (C=O) groups is 2. The fraction of sp³-hybridized carbons (Fsp3) is 0.143. The van der Waals surface area contributed by atoms with E-state index in [0.29, 0.717) is 17.0 Å². The van der Waals surface area contributed by atoms with E-state index in [1.54, 1.807) is 41.3 Å². The first-order chi connectivity index (χ1) is 13.1. The van der Waals surface area contributed by atoms with Gasteiger partial charge in [0.25, 0.3) is 11.8 Å². The van der Waals surface area contributed by atoms with E-state index in [4.69, 9.17) is 4.42 Å². The highest BCUT2D eigenvalue weighted by Crippen LogP contribution is 2.47. The van der Waals surface area contributed by atoms with Crippen molar-refractivity contribution >= 4 is 23.2 Å². The lowest BCUT2D eigenvalue weighted by Gasteiger charge is -2.44. The van der Waals surface area contributed by atoms with Crippen LogP contribution in [0.15, 0.2) is 71.3 Å². The second-order valence-corrected chi connectivity index (χ2v) is 6.73. The molecule has 0 saturated heterocycles. The third-order valence-corrected chi connectivity index (χ3v) is 5.29. The number of fused-ring (bicyclic) bond motifs is 3. The molecule has 2 aliphatic heterocycles. The van der Waals surface area contributed by atoms with Gasteiger partial charge < -0.3 is 14.6 Å². The number of nitrogens with one attached hydrogen (secondary N) is 1. The largest absolute Gasteiger partial charge is 0.467 e. The van der Waals surface area contributed by atoms with Crippen LogP contribution in [0, 0.1) is 0 Å². The zero-order valence-corrected chi connectivity index (χ0v) is 14.7. The van der Waals surface area contributed by atoms with Gasteiger partial charge in [-0.2, -0.15) is 0 Å². The summed E-state index contributed by atoms with van der Waals surface area (Å²) in [5.41, 5.74) is 1.42. The first-order valence-electron chi connectivity index (χ1n) is 8.72. The number of carbonyl (C=O) groups excluding carboxylic acids is 2. The molecule has 1 N–H and O–H groups in total. The number of hydrogen-bond donors (Lipinski definition) is 1. The number of para-hydroxylation sites is 2. The minimum atomic E-state index is -1.30. The standard InChI is InChI=1S/C21H17N3O3/c1-23-18-11-5-3-9-16(18)21(20(23)26)22-17-10-4-2-8-15(17)19(25)24(21)13-14-7-6-12-27-14/h2-12,22H,13H2,1H3. The molecule has 3 heterocycles. The molecule has 134 valence electrons. The minimum absolute atomic E-state index is 0.182. The third-order valence-electron chi connectivity index (χ3n) is 5.29. The zero-order chi connectivity index (χ0) is 18.6. The van der Waals surface area contributed by atoms with Crippen LogP contribution in [0.1, 0.15) is 21.7 Å². The van der Waals surface area contributed by atoms with E-state index in [0.717, 1.165) is 11.3 Å². The van der Waals surface area contributed by atoms with Crippen LogP contribution in [0.3, 0.4) is 0 Å². The topological polar surface area (TPSA) is 65.8 Å². The van der Waals surface area contributed by atoms with Crippen LogP contribution in [0.2, 0.25) is 0 Å². The summed E-state index contributed by atoms with van der Waals surface area (Å²) in [6.07, 6.45) is 1.56. The Bertz CT molecular complexity index is 1060. The Morgan fingerprint density at radius 3 is 2.59 bits per heavy atom. The van der Waals surface area contributed by atoms with E-state index in [1.165, 1.54) is 0 Å². The van der Waals surface area contributed by atoms with Crippen LogP contribution in [-0.2, 0) is 17.0 Å². The van der Waals surface area contributed by atoms with Crippen LogP contribution in [0.4, 0.5) is 11.4 Å². The molecule has 3 aromatic rings. The minimum Gasteiger partial charge on any atom is -0.467 e. The highest BCUT2D eigenvalue weighted by molar-refractivity contribution is 6.14. The molecular formula is C21H17N3O3. The molecule has 6 heteroatoms. The molecular weight excluding hydrogens is 342 g/mol. The Morgan fingerprint density at radius 1 is 1.00 bits per heavy atom. The van der Waals surface area contributed by atoms with Gasteiger partial charge in [-0.05, 0) is 30.3 Å². The molecule has 0 saturated carbocycles. The summed E-state index contributed by atoms with van der Waals surface area (Å²) < 4.78 is 5.48. The molecule has 1 atom stereocenters. The van der Waals surface area contributed by atoms with Crippen molar-refractivity contribution in [1.29, 1.82) is 0 Å². The van der Waals surface area contributed by atoms with Crippen molar-refractivity contribution in [2.45, 2.75) is 12.2 Å². The lowest BCUT2D eigenvalue weighted by Crippen LogP contribution is -2.61. The van der Waals surface area contributed by atoms with Gasteiger partial charge in [0, 0.05) is 18.3 Å². The third kappa shape index (κ3) is 2.01. The maximum atomic E-state index is 13.5. The highest BCUT2D eigenvalue weighted by atomic mass is 16.3. The molecule has 2 aliphatic rings. The fourth-order valence-electron chi connectivity index (χ4n) is 4.01. The van der Waals surface area contributed by atoms with Crippen LogP contribution in [-0.4, -0.2) is 23.8 Å². The number of nitrogens with zero attached hydrogens (tertiary/aromatic N) is 2. The van der Waals surface area contributed by atoms with Crippen molar-refractivity contribution in [1.82, 2.24) is 4.90 Å². The van der Waals surface area contributed by atoms with Crippen LogP contribution in [0.5, 0.6) is 0 Å². The molecule has 27 heavy (non-hydrogen) atoms. The van der Waals surface area contributed by atoms with E-state index in [1.807, 2.05) is 42.5 Å². The number of likely N-dealkylation sites (N-methyl/N-ethyl adjacent to an activating group) is 1. The van der Waals surface area contributed by atoms with E-state index >= 15 is 0 Å². The number of hydrogen-bond acceptors (Lipinski definition) is 4. The molecule has 1 spiro atoms. The Hall–Kier alpha value is -3.54. The first kappa shape index (κ1) is 15.7. The average molecular weight is 359 g/mol. The Labute approximate surface area is 156 Å². The quantitative estimate of drug-likeness (QED) is 0.763. The predicted molar refractivity (Wildman–Crippen MR) is 100 cm³/mol. The number of anilines is 2. The summed E-state index contributed by atoms with van der Waals surface area (Å²) in [5.74, 6) is 0.209. The monoisotopic (exact) mass is 359 g/mol. The Balaban J connectivity index is 1.76. The summed E-state index contributed by atoms with van der Waals surface area (Å²) in [4.78, 5) is 30.1. The van der Waals surface area contributed by atoms with Gasteiger partial charge in [0.1, 0.15) is 5.76 Å². The van der Waals surface area contributed by atoms with Gasteiger partial charge in [-0.1, -0.05) is 30.3 Å². The highest BCUT2D eigenvalue weighted by Gasteiger charge is 2.58. The van der Waals surface area contributed by atoms with Gasteiger partial charge in [0.2, 0.25) is 5.66 Å². The summed E-state index contributed by atoms with van der Waals surface area (Å²) in [7, 11) is 1.73. The van der Waals surface area contributed by atoms with Crippen molar-refractivity contribution in [3.63, 3.8) is 0 Å². The van der Waals surface area contributed by atoms with Crippen molar-refractivity contribution in [3.8, 4) is 0 Å². The van der Waals surface area contributed by atoms with Gasteiger partial charge in [0.05, 0.1) is 24.1 Å². The molecule has 0 aliphatic carbocycles. The van der Waals surface area contributed by atoms with Gasteiger partial charge in [-0.15, -0.1) is 0 Å². The van der Waals surface area contributed by atoms with Crippen LogP contribution in [0.25, 0.3) is 0 Å². The molecule has 0 radical (unpaired) electrons. The van der Waals surface area contributed by atoms with E-state index < -0.39 is 5.66 Å². The predicted octanol–water partition coefficient (Wildman–Crippen LogP) is 3.18. The van der Waals surface area contributed by atoms with Crippen LogP contribution >= 0.6 is 0 Å². The SMILES string of the molecule is CN1C(=O)C2(Nc3ccccc3C(=O)N2Cc2ccco2)c2ccccc21. The second kappa shape index (κ2) is 5.48. The van der Waals surface area contributed by atoms with Gasteiger partial charge in [-0.3, -0.25) is 14.5 Å². The molecule has 0 bridgehead atoms. The number of furan rings is 1. The molecule has 2 aromatic carbocycles. The number of rotatable bonds is 2. The average Bonchev–Trinajstić information content (AvgIpc) is 3.28. The summed E-state index contributed by atoms with van der Waals surface area (Å²) in [5, 5.41) is 3.37. The fourth-order valence-corrected chi connectivity index (χ4v) is 4.01. The lowest BCUT2D eigenvalue weighted by molar-refractivity contribution is -0.127. The van der Waals surface area contributed by atoms with Crippen molar-refractivity contribution in [2.24, 2.45) is 0 Å². The summed E-state index contributed by atoms with van der Waals surface area (Å²) in [6.45, 7) is 0.182. The van der Waals surface area contributed by atoms with E-state index in [2.05, 4.69) is 5.32 Å². The molecule has 0 fully saturated rings. The summed E-state index contributed by atoms with van der Waals surface area (Å²) >= 11 is 0. The molecule has 5 rings (SSSR count). The Morgan fingerprint density at radius 2 is 1.78 bits per heavy atom. The smallest absolute Gasteiger partial charge is 0.278 e. The lowest BCUT2D eigenvalue weighted by atomic mass is 9.93. The molecule has 1 unspecified atom stereocenters. The number of amides is 2. The van der Waals surface area contributed by atoms with Crippen molar-refractivity contribution < 1.29 is 14.0 Å². The molecule has 1 aromatic heterocycles. The van der Waals surface area contributed by atoms with Gasteiger partial charge in [0.15, 0.2) is 0 Å². The summed E-state index contributed by atoms with van der Waals surface area (Å²) in [6, 6.07) is 18.4. The number of benzene rings is 2. The molecule has 2 amide bonds. The Kier molecular flexibility index (Phi) is 3.18. The normalized spacial score (nSPS) is 20.6. The van der Waals surface area contributed by atoms with Crippen molar-refractivity contribution in [2.75, 3.05) is 17.3 Å². The molecule has 6 nitrogen and oxygen atoms in total. The van der Waals surface area contributed by atoms with Gasteiger partial charge in [-0.25, -0.2) is 0 Å². The zero-order valence-electron chi connectivity index (χ0n) is 14.7.